The Labute approximate surface area is 124 Å². The second kappa shape index (κ2) is 7.21. The van der Waals surface area contributed by atoms with Crippen molar-refractivity contribution in [3.05, 3.63) is 0 Å². The molecule has 2 N–H and O–H groups in total. The summed E-state index contributed by atoms with van der Waals surface area (Å²) < 4.78 is 7.31. The number of hydrogen-bond acceptors (Lipinski definition) is 3. The molecule has 0 spiro atoms. The third-order valence-corrected chi connectivity index (χ3v) is 5.31. The van der Waals surface area contributed by atoms with Crippen molar-refractivity contribution in [3.8, 4) is 0 Å². The summed E-state index contributed by atoms with van der Waals surface area (Å²) in [5, 5.41) is 0. The Kier molecular flexibility index (Phi) is 5.84. The fraction of sp³-hybridized carbons (Fsp3) is 1.00. The SMILES string of the molecule is CCCC[N+]1(C)CCC(OC[C@H]2CCCN2C)C(N)C1. The molecule has 2 aliphatic rings. The van der Waals surface area contributed by atoms with Crippen molar-refractivity contribution in [1.29, 1.82) is 0 Å². The quantitative estimate of drug-likeness (QED) is 0.750. The lowest BCUT2D eigenvalue weighted by Crippen LogP contribution is -2.61. The van der Waals surface area contributed by atoms with Crippen LogP contribution in [0.1, 0.15) is 39.0 Å². The van der Waals surface area contributed by atoms with Gasteiger partial charge in [-0.3, -0.25) is 0 Å². The molecular weight excluding hydrogens is 250 g/mol. The fourth-order valence-electron chi connectivity index (χ4n) is 3.75. The topological polar surface area (TPSA) is 38.5 Å². The molecule has 2 heterocycles. The standard InChI is InChI=1S/C16H34N3O/c1-4-5-10-19(3)11-8-16(15(17)12-19)20-13-14-7-6-9-18(14)2/h14-16H,4-13,17H2,1-3H3/q+1/t14-,15?,16?,19?/m1/s1. The molecule has 4 heteroatoms. The zero-order chi connectivity index (χ0) is 14.6. The van der Waals surface area contributed by atoms with Crippen LogP contribution in [0.3, 0.4) is 0 Å². The Morgan fingerprint density at radius 1 is 1.35 bits per heavy atom. The normalized spacial score (nSPS) is 39.3. The van der Waals surface area contributed by atoms with Gasteiger partial charge in [-0.05, 0) is 32.9 Å². The van der Waals surface area contributed by atoms with E-state index < -0.39 is 0 Å². The first-order valence-corrected chi connectivity index (χ1v) is 8.45. The Morgan fingerprint density at radius 2 is 2.15 bits per heavy atom. The number of likely N-dealkylation sites (N-methyl/N-ethyl adjacent to an activating group) is 2. The number of ether oxygens (including phenoxy) is 1. The molecule has 3 unspecified atom stereocenters. The summed E-state index contributed by atoms with van der Waals surface area (Å²) in [6, 6.07) is 0.822. The van der Waals surface area contributed by atoms with Crippen molar-refractivity contribution in [2.75, 3.05) is 46.9 Å². The first kappa shape index (κ1) is 16.2. The smallest absolute Gasteiger partial charge is 0.0964 e. The van der Waals surface area contributed by atoms with E-state index in [0.717, 1.165) is 24.1 Å². The molecule has 0 bridgehead atoms. The summed E-state index contributed by atoms with van der Waals surface area (Å²) in [6.45, 7) is 7.91. The Morgan fingerprint density at radius 3 is 2.75 bits per heavy atom. The lowest BCUT2D eigenvalue weighted by Gasteiger charge is -2.43. The number of hydrogen-bond donors (Lipinski definition) is 1. The van der Waals surface area contributed by atoms with Crippen LogP contribution in [0.15, 0.2) is 0 Å². The summed E-state index contributed by atoms with van der Waals surface area (Å²) in [5.74, 6) is 0. The van der Waals surface area contributed by atoms with Crippen LogP contribution in [-0.4, -0.2) is 74.5 Å². The lowest BCUT2D eigenvalue weighted by atomic mass is 10.00. The van der Waals surface area contributed by atoms with E-state index >= 15 is 0 Å². The van der Waals surface area contributed by atoms with E-state index in [-0.39, 0.29) is 12.1 Å². The van der Waals surface area contributed by atoms with Crippen molar-refractivity contribution >= 4 is 0 Å². The molecule has 4 atom stereocenters. The highest BCUT2D eigenvalue weighted by molar-refractivity contribution is 4.81. The summed E-state index contributed by atoms with van der Waals surface area (Å²) in [6.07, 6.45) is 6.57. The van der Waals surface area contributed by atoms with Crippen LogP contribution >= 0.6 is 0 Å². The van der Waals surface area contributed by atoms with Crippen molar-refractivity contribution in [2.24, 2.45) is 5.73 Å². The van der Waals surface area contributed by atoms with E-state index in [1.807, 2.05) is 0 Å². The van der Waals surface area contributed by atoms with Gasteiger partial charge in [0.15, 0.2) is 0 Å². The van der Waals surface area contributed by atoms with Gasteiger partial charge in [0.1, 0.15) is 0 Å². The molecule has 0 aromatic heterocycles. The molecule has 118 valence electrons. The Balaban J connectivity index is 1.75. The molecule has 2 rings (SSSR count). The lowest BCUT2D eigenvalue weighted by molar-refractivity contribution is -0.916. The predicted molar refractivity (Wildman–Crippen MR) is 83.7 cm³/mol. The minimum Gasteiger partial charge on any atom is -0.375 e. The molecule has 0 radical (unpaired) electrons. The van der Waals surface area contributed by atoms with Crippen LogP contribution in [-0.2, 0) is 4.74 Å². The zero-order valence-electron chi connectivity index (χ0n) is 13.7. The van der Waals surface area contributed by atoms with Crippen molar-refractivity contribution in [2.45, 2.75) is 57.2 Å². The Bertz CT molecular complexity index is 299. The molecule has 4 nitrogen and oxygen atoms in total. The number of quaternary nitrogens is 1. The maximum absolute atomic E-state index is 6.39. The molecule has 20 heavy (non-hydrogen) atoms. The summed E-state index contributed by atoms with van der Waals surface area (Å²) in [7, 11) is 4.57. The number of rotatable bonds is 6. The van der Waals surface area contributed by atoms with E-state index in [1.165, 1.54) is 45.3 Å². The van der Waals surface area contributed by atoms with Gasteiger partial charge in [-0.15, -0.1) is 0 Å². The number of piperidine rings is 1. The highest BCUT2D eigenvalue weighted by Crippen LogP contribution is 2.22. The van der Waals surface area contributed by atoms with Crippen molar-refractivity contribution < 1.29 is 9.22 Å². The second-order valence-electron chi connectivity index (χ2n) is 7.20. The molecule has 2 aliphatic heterocycles. The van der Waals surface area contributed by atoms with Crippen LogP contribution in [0.2, 0.25) is 0 Å². The van der Waals surface area contributed by atoms with E-state index in [0.29, 0.717) is 6.04 Å². The second-order valence-corrected chi connectivity index (χ2v) is 7.20. The summed E-state index contributed by atoms with van der Waals surface area (Å²) >= 11 is 0. The first-order chi connectivity index (χ1) is 9.54. The van der Waals surface area contributed by atoms with Gasteiger partial charge in [0.2, 0.25) is 0 Å². The van der Waals surface area contributed by atoms with Crippen LogP contribution in [0.5, 0.6) is 0 Å². The molecule has 2 fully saturated rings. The molecule has 0 aromatic rings. The van der Waals surface area contributed by atoms with Crippen LogP contribution in [0.25, 0.3) is 0 Å². The van der Waals surface area contributed by atoms with Gasteiger partial charge in [0.25, 0.3) is 0 Å². The van der Waals surface area contributed by atoms with Gasteiger partial charge < -0.3 is 19.9 Å². The van der Waals surface area contributed by atoms with E-state index in [1.54, 1.807) is 0 Å². The highest BCUT2D eigenvalue weighted by Gasteiger charge is 2.36. The van der Waals surface area contributed by atoms with Crippen LogP contribution in [0, 0.1) is 0 Å². The van der Waals surface area contributed by atoms with Crippen molar-refractivity contribution in [1.82, 2.24) is 4.90 Å². The average Bonchev–Trinajstić information content (AvgIpc) is 2.81. The number of nitrogens with zero attached hydrogens (tertiary/aromatic N) is 2. The molecule has 2 saturated heterocycles. The average molecular weight is 284 g/mol. The Hall–Kier alpha value is -0.160. The van der Waals surface area contributed by atoms with E-state index in [4.69, 9.17) is 10.5 Å². The zero-order valence-corrected chi connectivity index (χ0v) is 13.7. The van der Waals surface area contributed by atoms with Crippen molar-refractivity contribution in [3.63, 3.8) is 0 Å². The summed E-state index contributed by atoms with van der Waals surface area (Å²) in [5.41, 5.74) is 6.39. The minimum atomic E-state index is 0.206. The molecule has 0 aromatic carbocycles. The summed E-state index contributed by atoms with van der Waals surface area (Å²) in [4.78, 5) is 2.43. The van der Waals surface area contributed by atoms with Crippen LogP contribution in [0.4, 0.5) is 0 Å². The minimum absolute atomic E-state index is 0.206. The molecule has 0 aliphatic carbocycles. The van der Waals surface area contributed by atoms with E-state index in [2.05, 4.69) is 25.9 Å². The molecule has 0 saturated carbocycles. The highest BCUT2D eigenvalue weighted by atomic mass is 16.5. The molecular formula is C16H34N3O+. The van der Waals surface area contributed by atoms with Gasteiger partial charge >= 0.3 is 0 Å². The predicted octanol–water partition coefficient (Wildman–Crippen LogP) is 1.44. The van der Waals surface area contributed by atoms with Crippen LogP contribution < -0.4 is 5.73 Å². The van der Waals surface area contributed by atoms with Gasteiger partial charge in [0, 0.05) is 12.5 Å². The maximum Gasteiger partial charge on any atom is 0.0964 e. The molecule has 0 amide bonds. The third kappa shape index (κ3) is 4.17. The van der Waals surface area contributed by atoms with E-state index in [9.17, 15) is 0 Å². The maximum atomic E-state index is 6.39. The van der Waals surface area contributed by atoms with Gasteiger partial charge in [0.05, 0.1) is 45.4 Å². The van der Waals surface area contributed by atoms with Gasteiger partial charge in [-0.25, -0.2) is 0 Å². The largest absolute Gasteiger partial charge is 0.375 e. The fourth-order valence-corrected chi connectivity index (χ4v) is 3.75. The number of likely N-dealkylation sites (tertiary alicyclic amines) is 2. The van der Waals surface area contributed by atoms with Gasteiger partial charge in [-0.2, -0.15) is 0 Å². The monoisotopic (exact) mass is 284 g/mol. The number of nitrogens with two attached hydrogens (primary N) is 1. The number of unbranched alkanes of at least 4 members (excludes halogenated alkanes) is 1. The third-order valence-electron chi connectivity index (χ3n) is 5.31. The van der Waals surface area contributed by atoms with Gasteiger partial charge in [-0.1, -0.05) is 13.3 Å². The first-order valence-electron chi connectivity index (χ1n) is 8.45.